The standard InChI is InChI=1S/C23H21ClN2O5S/c24-18-6-4-16(5-7-18)15-31-19-3-1-2-17(12-19)13-20-22(28)26(23(29)32-20)14-21(27)25-8-10-30-11-9-25/h1-7,12-13H,8-11,14-15H2/b20-13-. The molecule has 0 spiro atoms. The summed E-state index contributed by atoms with van der Waals surface area (Å²) in [6, 6.07) is 14.6. The summed E-state index contributed by atoms with van der Waals surface area (Å²) in [5.74, 6) is -0.0843. The molecule has 4 rings (SSSR count). The number of imide groups is 1. The summed E-state index contributed by atoms with van der Waals surface area (Å²) in [6.45, 7) is 1.97. The molecular weight excluding hydrogens is 452 g/mol. The molecule has 0 aliphatic carbocycles. The first-order chi connectivity index (χ1) is 15.5. The van der Waals surface area contributed by atoms with E-state index in [9.17, 15) is 14.4 Å². The normalized spacial score (nSPS) is 17.8. The smallest absolute Gasteiger partial charge is 0.294 e. The van der Waals surface area contributed by atoms with E-state index in [-0.39, 0.29) is 17.4 Å². The highest BCUT2D eigenvalue weighted by Gasteiger charge is 2.37. The molecule has 2 heterocycles. The molecule has 2 aliphatic heterocycles. The summed E-state index contributed by atoms with van der Waals surface area (Å²) >= 11 is 6.73. The van der Waals surface area contributed by atoms with Crippen LogP contribution in [0.4, 0.5) is 4.79 Å². The number of rotatable bonds is 6. The number of hydrogen-bond acceptors (Lipinski definition) is 6. The van der Waals surface area contributed by atoms with Crippen LogP contribution >= 0.6 is 23.4 Å². The monoisotopic (exact) mass is 472 g/mol. The average Bonchev–Trinajstić information content (AvgIpc) is 3.07. The van der Waals surface area contributed by atoms with Gasteiger partial charge in [-0.3, -0.25) is 19.3 Å². The van der Waals surface area contributed by atoms with Gasteiger partial charge in [-0.1, -0.05) is 35.9 Å². The van der Waals surface area contributed by atoms with E-state index in [1.54, 1.807) is 29.2 Å². The number of morpholine rings is 1. The van der Waals surface area contributed by atoms with Gasteiger partial charge in [0.2, 0.25) is 5.91 Å². The number of carbonyl (C=O) groups excluding carboxylic acids is 3. The number of nitrogens with zero attached hydrogens (tertiary/aromatic N) is 2. The molecule has 2 saturated heterocycles. The molecule has 0 bridgehead atoms. The molecule has 32 heavy (non-hydrogen) atoms. The van der Waals surface area contributed by atoms with Crippen molar-refractivity contribution in [2.45, 2.75) is 6.61 Å². The number of amides is 3. The lowest BCUT2D eigenvalue weighted by Gasteiger charge is -2.28. The van der Waals surface area contributed by atoms with Gasteiger partial charge in [0, 0.05) is 18.1 Å². The summed E-state index contributed by atoms with van der Waals surface area (Å²) in [7, 11) is 0. The summed E-state index contributed by atoms with van der Waals surface area (Å²) in [5, 5.41) is 0.217. The second-order valence-corrected chi connectivity index (χ2v) is 8.68. The Kier molecular flexibility index (Phi) is 7.14. The van der Waals surface area contributed by atoms with Gasteiger partial charge < -0.3 is 14.4 Å². The van der Waals surface area contributed by atoms with Crippen LogP contribution < -0.4 is 4.74 Å². The van der Waals surface area contributed by atoms with Crippen LogP contribution in [0.1, 0.15) is 11.1 Å². The van der Waals surface area contributed by atoms with E-state index >= 15 is 0 Å². The van der Waals surface area contributed by atoms with Crippen LogP contribution in [0.3, 0.4) is 0 Å². The number of carbonyl (C=O) groups is 3. The van der Waals surface area contributed by atoms with Gasteiger partial charge in [0.15, 0.2) is 0 Å². The van der Waals surface area contributed by atoms with Crippen molar-refractivity contribution >= 4 is 46.5 Å². The zero-order valence-corrected chi connectivity index (χ0v) is 18.7. The van der Waals surface area contributed by atoms with Crippen LogP contribution in [-0.2, 0) is 20.9 Å². The first kappa shape index (κ1) is 22.4. The number of halogens is 1. The van der Waals surface area contributed by atoms with Gasteiger partial charge in [-0.2, -0.15) is 0 Å². The van der Waals surface area contributed by atoms with Gasteiger partial charge in [-0.15, -0.1) is 0 Å². The molecular formula is C23H21ClN2O5S. The van der Waals surface area contributed by atoms with Crippen molar-refractivity contribution in [2.75, 3.05) is 32.8 Å². The lowest BCUT2D eigenvalue weighted by atomic mass is 10.2. The Morgan fingerprint density at radius 2 is 1.88 bits per heavy atom. The second-order valence-electron chi connectivity index (χ2n) is 7.25. The molecule has 0 atom stereocenters. The predicted molar refractivity (Wildman–Crippen MR) is 122 cm³/mol. The third-order valence-electron chi connectivity index (χ3n) is 5.01. The molecule has 2 aromatic carbocycles. The van der Waals surface area contributed by atoms with Gasteiger partial charge in [0.05, 0.1) is 18.1 Å². The summed E-state index contributed by atoms with van der Waals surface area (Å²) in [6.07, 6.45) is 1.64. The lowest BCUT2D eigenvalue weighted by Crippen LogP contribution is -2.46. The highest BCUT2D eigenvalue weighted by molar-refractivity contribution is 8.18. The van der Waals surface area contributed by atoms with Crippen LogP contribution in [0, 0.1) is 0 Å². The minimum atomic E-state index is -0.464. The molecule has 0 aromatic heterocycles. The van der Waals surface area contributed by atoms with Crippen molar-refractivity contribution in [2.24, 2.45) is 0 Å². The maximum Gasteiger partial charge on any atom is 0.294 e. The summed E-state index contributed by atoms with van der Waals surface area (Å²) < 4.78 is 11.1. The quantitative estimate of drug-likeness (QED) is 0.595. The van der Waals surface area contributed by atoms with E-state index in [1.165, 1.54) is 0 Å². The molecule has 0 saturated carbocycles. The van der Waals surface area contributed by atoms with E-state index in [4.69, 9.17) is 21.1 Å². The molecule has 0 unspecified atom stereocenters. The third kappa shape index (κ3) is 5.51. The molecule has 3 amide bonds. The van der Waals surface area contributed by atoms with Crippen molar-refractivity contribution in [3.8, 4) is 5.75 Å². The third-order valence-corrected chi connectivity index (χ3v) is 6.16. The van der Waals surface area contributed by atoms with Gasteiger partial charge >= 0.3 is 0 Å². The van der Waals surface area contributed by atoms with E-state index < -0.39 is 11.1 Å². The Hall–Kier alpha value is -2.81. The number of benzene rings is 2. The van der Waals surface area contributed by atoms with Gasteiger partial charge in [0.25, 0.3) is 11.1 Å². The largest absolute Gasteiger partial charge is 0.489 e. The first-order valence-corrected chi connectivity index (χ1v) is 11.3. The first-order valence-electron chi connectivity index (χ1n) is 10.1. The molecule has 7 nitrogen and oxygen atoms in total. The predicted octanol–water partition coefficient (Wildman–Crippen LogP) is 3.81. The SMILES string of the molecule is O=C(CN1C(=O)S/C(=C\c2cccc(OCc3ccc(Cl)cc3)c2)C1=O)N1CCOCC1. The zero-order valence-electron chi connectivity index (χ0n) is 17.2. The van der Waals surface area contributed by atoms with Crippen LogP contribution in [0.15, 0.2) is 53.4 Å². The van der Waals surface area contributed by atoms with E-state index in [0.717, 1.165) is 27.8 Å². The minimum Gasteiger partial charge on any atom is -0.489 e. The van der Waals surface area contributed by atoms with Gasteiger partial charge in [-0.25, -0.2) is 0 Å². The molecule has 2 aliphatic rings. The number of hydrogen-bond donors (Lipinski definition) is 0. The Labute approximate surface area is 194 Å². The van der Waals surface area contributed by atoms with Crippen molar-refractivity contribution in [3.05, 3.63) is 69.6 Å². The molecule has 0 N–H and O–H groups in total. The Morgan fingerprint density at radius 1 is 1.12 bits per heavy atom. The molecule has 2 fully saturated rings. The average molecular weight is 473 g/mol. The highest BCUT2D eigenvalue weighted by atomic mass is 35.5. The van der Waals surface area contributed by atoms with Crippen molar-refractivity contribution in [3.63, 3.8) is 0 Å². The number of ether oxygens (including phenoxy) is 2. The Balaban J connectivity index is 1.40. The van der Waals surface area contributed by atoms with Crippen LogP contribution in [0.2, 0.25) is 5.02 Å². The Bertz CT molecular complexity index is 1050. The molecule has 9 heteroatoms. The molecule has 2 aromatic rings. The second kappa shape index (κ2) is 10.2. The van der Waals surface area contributed by atoms with E-state index in [1.807, 2.05) is 30.3 Å². The summed E-state index contributed by atoms with van der Waals surface area (Å²) in [5.41, 5.74) is 1.70. The fourth-order valence-electron chi connectivity index (χ4n) is 3.28. The summed E-state index contributed by atoms with van der Waals surface area (Å²) in [4.78, 5) is 40.4. The van der Waals surface area contributed by atoms with E-state index in [2.05, 4.69) is 0 Å². The van der Waals surface area contributed by atoms with Crippen LogP contribution in [-0.4, -0.2) is 59.7 Å². The fraction of sp³-hybridized carbons (Fsp3) is 0.261. The maximum absolute atomic E-state index is 12.7. The fourth-order valence-corrected chi connectivity index (χ4v) is 4.24. The van der Waals surface area contributed by atoms with Crippen molar-refractivity contribution < 1.29 is 23.9 Å². The van der Waals surface area contributed by atoms with Crippen LogP contribution in [0.5, 0.6) is 5.75 Å². The lowest BCUT2D eigenvalue weighted by molar-refractivity contribution is -0.139. The molecule has 166 valence electrons. The van der Waals surface area contributed by atoms with Gasteiger partial charge in [0.1, 0.15) is 18.9 Å². The zero-order chi connectivity index (χ0) is 22.5. The highest BCUT2D eigenvalue weighted by Crippen LogP contribution is 2.32. The van der Waals surface area contributed by atoms with Crippen LogP contribution in [0.25, 0.3) is 6.08 Å². The number of thioether (sulfide) groups is 1. The van der Waals surface area contributed by atoms with Gasteiger partial charge in [-0.05, 0) is 53.2 Å². The van der Waals surface area contributed by atoms with Crippen molar-refractivity contribution in [1.82, 2.24) is 9.80 Å². The molecule has 0 radical (unpaired) electrons. The minimum absolute atomic E-state index is 0.255. The van der Waals surface area contributed by atoms with Crippen molar-refractivity contribution in [1.29, 1.82) is 0 Å². The topological polar surface area (TPSA) is 76.2 Å². The Morgan fingerprint density at radius 3 is 2.62 bits per heavy atom. The maximum atomic E-state index is 12.7. The van der Waals surface area contributed by atoms with E-state index in [0.29, 0.717) is 43.7 Å².